The molecular formula is C58H100N8O14. The number of rotatable bonds is 10. The van der Waals surface area contributed by atoms with Crippen molar-refractivity contribution in [1.82, 2.24) is 38.9 Å². The number of amides is 1. The van der Waals surface area contributed by atoms with Crippen molar-refractivity contribution in [1.29, 1.82) is 0 Å². The summed E-state index contributed by atoms with van der Waals surface area (Å²) in [6.45, 7) is 38.4. The first-order chi connectivity index (χ1) is 35.2. The fourth-order valence-corrected chi connectivity index (χ4v) is 6.47. The lowest BCUT2D eigenvalue weighted by Gasteiger charge is -2.26. The van der Waals surface area contributed by atoms with E-state index in [1.54, 1.807) is 84.2 Å². The second kappa shape index (κ2) is 29.9. The lowest BCUT2D eigenvalue weighted by Crippen LogP contribution is -2.36. The molecule has 3 aliphatic rings. The molecule has 0 saturated heterocycles. The van der Waals surface area contributed by atoms with Crippen molar-refractivity contribution in [3.63, 3.8) is 0 Å². The minimum atomic E-state index is -1.06. The zero-order valence-electron chi connectivity index (χ0n) is 49.5. The molecule has 1 N–H and O–H groups in total. The maximum Gasteiger partial charge on any atom is 0.519 e. The normalized spacial score (nSPS) is 14.1. The summed E-state index contributed by atoms with van der Waals surface area (Å²) in [7, 11) is 0. The molecule has 3 fully saturated rings. The average Bonchev–Trinajstić information content (AvgIpc) is 4.20. The summed E-state index contributed by atoms with van der Waals surface area (Å²) in [4.78, 5) is 96.5. The highest BCUT2D eigenvalue weighted by Gasteiger charge is 2.35. The zero-order chi connectivity index (χ0) is 58.6. The van der Waals surface area contributed by atoms with Gasteiger partial charge in [0.25, 0.3) is 0 Å². The van der Waals surface area contributed by atoms with Gasteiger partial charge in [0.15, 0.2) is 6.29 Å². The van der Waals surface area contributed by atoms with Crippen LogP contribution in [-0.2, 0) is 46.2 Å². The predicted octanol–water partition coefficient (Wildman–Crippen LogP) is 14.1. The van der Waals surface area contributed by atoms with Crippen molar-refractivity contribution >= 4 is 43.0 Å². The van der Waals surface area contributed by atoms with E-state index < -0.39 is 58.1 Å². The van der Waals surface area contributed by atoms with E-state index in [9.17, 15) is 33.6 Å². The maximum absolute atomic E-state index is 12.5. The molecule has 0 spiro atoms. The minimum absolute atomic E-state index is 0. The SMILES string of the molecule is C.C.C.CC(C)(C)OC(=O)OC(=O)OC(C)(C)C.CC(C)(C)OC(=O)n1cc(C=O)nc1C1CC1.CCN(Cc1cn(C(=O)OC(C)(C)C)c(C2CC2)n1)C(=O)OC(C)(C)C.CCNCc1cn(C(=O)OC(C)(C)C)c(C2CC2)n1. The van der Waals surface area contributed by atoms with Crippen molar-refractivity contribution in [2.75, 3.05) is 13.1 Å². The van der Waals surface area contributed by atoms with Gasteiger partial charge in [-0.2, -0.15) is 0 Å². The molecule has 0 bridgehead atoms. The van der Waals surface area contributed by atoms with E-state index in [4.69, 9.17) is 28.4 Å². The van der Waals surface area contributed by atoms with Crippen LogP contribution in [0.5, 0.6) is 0 Å². The lowest BCUT2D eigenvalue weighted by molar-refractivity contribution is -0.0295. The van der Waals surface area contributed by atoms with Crippen molar-refractivity contribution in [2.45, 2.75) is 264 Å². The number of aromatic nitrogens is 6. The number of carbonyl (C=O) groups excluding carboxylic acids is 7. The summed E-state index contributed by atoms with van der Waals surface area (Å²) in [6, 6.07) is 0. The van der Waals surface area contributed by atoms with E-state index in [1.807, 2.05) is 76.2 Å². The molecule has 80 heavy (non-hydrogen) atoms. The number of imidazole rings is 3. The molecule has 3 aromatic heterocycles. The van der Waals surface area contributed by atoms with Crippen LogP contribution < -0.4 is 5.32 Å². The first kappa shape index (κ1) is 73.7. The third-order valence-corrected chi connectivity index (χ3v) is 9.92. The summed E-state index contributed by atoms with van der Waals surface area (Å²) >= 11 is 0. The van der Waals surface area contributed by atoms with Crippen molar-refractivity contribution in [3.8, 4) is 0 Å². The fourth-order valence-electron chi connectivity index (χ4n) is 6.47. The monoisotopic (exact) mass is 1130 g/mol. The van der Waals surface area contributed by atoms with Gasteiger partial charge in [-0.3, -0.25) is 4.79 Å². The third-order valence-electron chi connectivity index (χ3n) is 9.92. The molecule has 0 atom stereocenters. The van der Waals surface area contributed by atoms with Crippen LogP contribution in [0, 0.1) is 0 Å². The summed E-state index contributed by atoms with van der Waals surface area (Å²) in [6.07, 6.45) is 8.10. The Hall–Kier alpha value is -6.32. The predicted molar refractivity (Wildman–Crippen MR) is 306 cm³/mol. The van der Waals surface area contributed by atoms with Gasteiger partial charge < -0.3 is 43.4 Å². The van der Waals surface area contributed by atoms with Crippen molar-refractivity contribution < 1.29 is 66.7 Å². The molecule has 3 saturated carbocycles. The highest BCUT2D eigenvalue weighted by molar-refractivity contribution is 5.78. The highest BCUT2D eigenvalue weighted by Crippen LogP contribution is 2.41. The second-order valence-electron chi connectivity index (χ2n) is 25.0. The van der Waals surface area contributed by atoms with Crippen molar-refractivity contribution in [3.05, 3.63) is 53.1 Å². The van der Waals surface area contributed by atoms with E-state index in [-0.39, 0.29) is 52.0 Å². The molecule has 3 aromatic rings. The molecule has 0 unspecified atom stereocenters. The fraction of sp³-hybridized carbons (Fsp3) is 0.724. The molecular weight excluding hydrogens is 1030 g/mol. The summed E-state index contributed by atoms with van der Waals surface area (Å²) in [5.74, 6) is 3.20. The van der Waals surface area contributed by atoms with Crippen LogP contribution in [0.2, 0.25) is 0 Å². The summed E-state index contributed by atoms with van der Waals surface area (Å²) < 4.78 is 39.8. The molecule has 3 aliphatic carbocycles. The largest absolute Gasteiger partial charge is 0.519 e. The van der Waals surface area contributed by atoms with Gasteiger partial charge in [0.05, 0.1) is 17.9 Å². The first-order valence-electron chi connectivity index (χ1n) is 26.4. The number of ether oxygens (including phenoxy) is 7. The Kier molecular flexibility index (Phi) is 27.6. The minimum Gasteiger partial charge on any atom is -0.444 e. The average molecular weight is 1130 g/mol. The second-order valence-corrected chi connectivity index (χ2v) is 25.0. The van der Waals surface area contributed by atoms with E-state index in [0.29, 0.717) is 43.4 Å². The van der Waals surface area contributed by atoms with Crippen LogP contribution in [0.1, 0.15) is 256 Å². The van der Waals surface area contributed by atoms with E-state index in [1.165, 1.54) is 15.3 Å². The number of hydrogen-bond donors (Lipinski definition) is 1. The molecule has 0 aliphatic heterocycles. The number of hydrogen-bond acceptors (Lipinski definition) is 18. The number of nitrogens with one attached hydrogen (secondary N) is 1. The Bertz CT molecular complexity index is 2460. The van der Waals surface area contributed by atoms with Gasteiger partial charge in [0.1, 0.15) is 56.8 Å². The summed E-state index contributed by atoms with van der Waals surface area (Å²) in [5.41, 5.74) is -1.72. The first-order valence-corrected chi connectivity index (χ1v) is 26.4. The Balaban J connectivity index is 0.00000105. The Morgan fingerprint density at radius 3 is 1.15 bits per heavy atom. The standard InChI is InChI=1S/C19H31N3O4.C14H23N3O2.C12H16N2O3.C10H18O5.3CH4/c1-8-21(16(23)25-18(2,3)4)11-14-12-22(15(20-14)13-9-10-13)17(24)26-19(5,6)7;1-5-15-8-11-9-17(12(16-11)10-6-7-10)13(18)19-14(2,3)4;1-12(2,3)17-11(16)14-6-9(7-15)13-10(14)8-4-5-8;1-9(2,3)14-7(11)13-8(12)15-10(4,5)6;;;/h12-13H,8-11H2,1-7H3;9-10,15H,5-8H2,1-4H3;6-8H,4-5H2,1-3H3;1-6H3;3*1H4. The van der Waals surface area contributed by atoms with Gasteiger partial charge in [-0.15, -0.1) is 0 Å². The van der Waals surface area contributed by atoms with Gasteiger partial charge >= 0.3 is 36.7 Å². The van der Waals surface area contributed by atoms with E-state index >= 15 is 0 Å². The molecule has 456 valence electrons. The molecule has 3 heterocycles. The third kappa shape index (κ3) is 28.2. The van der Waals surface area contributed by atoms with Gasteiger partial charge in [-0.1, -0.05) is 29.2 Å². The van der Waals surface area contributed by atoms with Gasteiger partial charge in [-0.25, -0.2) is 57.4 Å². The highest BCUT2D eigenvalue weighted by atomic mass is 16.8. The van der Waals surface area contributed by atoms with Crippen LogP contribution in [0.4, 0.5) is 28.8 Å². The van der Waals surface area contributed by atoms with Crippen molar-refractivity contribution in [2.24, 2.45) is 0 Å². The van der Waals surface area contributed by atoms with Gasteiger partial charge in [-0.05, 0) is 177 Å². The Morgan fingerprint density at radius 2 is 0.838 bits per heavy atom. The molecule has 0 aromatic carbocycles. The Morgan fingerprint density at radius 1 is 0.512 bits per heavy atom. The molecule has 22 nitrogen and oxygen atoms in total. The number of carbonyl (C=O) groups is 7. The molecule has 0 radical (unpaired) electrons. The van der Waals surface area contributed by atoms with Crippen LogP contribution in [0.15, 0.2) is 18.6 Å². The quantitative estimate of drug-likeness (QED) is 0.0857. The zero-order valence-corrected chi connectivity index (χ0v) is 49.5. The van der Waals surface area contributed by atoms with E-state index in [0.717, 1.165) is 62.4 Å². The lowest BCUT2D eigenvalue weighted by atomic mass is 10.2. The van der Waals surface area contributed by atoms with Crippen LogP contribution >= 0.6 is 0 Å². The van der Waals surface area contributed by atoms with Gasteiger partial charge in [0, 0.05) is 49.4 Å². The summed E-state index contributed by atoms with van der Waals surface area (Å²) in [5, 5.41) is 3.22. The maximum atomic E-state index is 12.5. The molecule has 1 amide bonds. The van der Waals surface area contributed by atoms with Crippen LogP contribution in [0.3, 0.4) is 0 Å². The topological polar surface area (TPSA) is 253 Å². The number of nitrogens with zero attached hydrogens (tertiary/aromatic N) is 7. The van der Waals surface area contributed by atoms with Crippen LogP contribution in [0.25, 0.3) is 0 Å². The van der Waals surface area contributed by atoms with Gasteiger partial charge in [0.2, 0.25) is 0 Å². The Labute approximate surface area is 477 Å². The molecule has 22 heteroatoms. The molecule has 6 rings (SSSR count). The van der Waals surface area contributed by atoms with Crippen LogP contribution in [-0.4, -0.2) is 123 Å². The van der Waals surface area contributed by atoms with E-state index in [2.05, 4.69) is 25.0 Å². The smallest absolute Gasteiger partial charge is 0.444 e. The number of aldehydes is 1.